The Morgan fingerprint density at radius 1 is 1.43 bits per heavy atom. The molecule has 0 radical (unpaired) electrons. The minimum atomic E-state index is 0.170. The molecule has 0 aromatic rings. The first kappa shape index (κ1) is 11.5. The maximum absolute atomic E-state index is 11.6. The van der Waals surface area contributed by atoms with Gasteiger partial charge in [0, 0.05) is 12.5 Å². The van der Waals surface area contributed by atoms with Gasteiger partial charge in [-0.25, -0.2) is 0 Å². The van der Waals surface area contributed by atoms with Gasteiger partial charge in [0.2, 0.25) is 5.91 Å². The first-order chi connectivity index (χ1) is 6.61. The lowest BCUT2D eigenvalue weighted by Gasteiger charge is -2.31. The molecule has 0 aliphatic carbocycles. The predicted molar refractivity (Wildman–Crippen MR) is 58.0 cm³/mol. The molecule has 3 heteroatoms. The van der Waals surface area contributed by atoms with Crippen LogP contribution in [0.25, 0.3) is 0 Å². The van der Waals surface area contributed by atoms with Gasteiger partial charge < -0.3 is 10.6 Å². The van der Waals surface area contributed by atoms with Gasteiger partial charge in [-0.05, 0) is 31.3 Å². The van der Waals surface area contributed by atoms with Gasteiger partial charge in [-0.15, -0.1) is 0 Å². The summed E-state index contributed by atoms with van der Waals surface area (Å²) in [6.07, 6.45) is 1.07. The van der Waals surface area contributed by atoms with Gasteiger partial charge >= 0.3 is 0 Å². The van der Waals surface area contributed by atoms with E-state index < -0.39 is 0 Å². The van der Waals surface area contributed by atoms with Crippen LogP contribution in [0.4, 0.5) is 0 Å². The smallest absolute Gasteiger partial charge is 0.223 e. The fraction of sp³-hybridized carbons (Fsp3) is 0.909. The number of amides is 1. The molecule has 0 bridgehead atoms. The van der Waals surface area contributed by atoms with Crippen molar-refractivity contribution in [1.82, 2.24) is 10.6 Å². The Labute approximate surface area is 86.6 Å². The van der Waals surface area contributed by atoms with Crippen molar-refractivity contribution in [3.05, 3.63) is 0 Å². The molecule has 14 heavy (non-hydrogen) atoms. The second-order valence-corrected chi connectivity index (χ2v) is 4.68. The minimum Gasteiger partial charge on any atom is -0.356 e. The van der Waals surface area contributed by atoms with Crippen LogP contribution in [0.15, 0.2) is 0 Å². The van der Waals surface area contributed by atoms with Crippen LogP contribution in [0.3, 0.4) is 0 Å². The first-order valence-corrected chi connectivity index (χ1v) is 5.59. The Morgan fingerprint density at radius 3 is 2.50 bits per heavy atom. The molecule has 1 atom stereocenters. The molecule has 0 aromatic carbocycles. The summed E-state index contributed by atoms with van der Waals surface area (Å²) in [4.78, 5) is 11.6. The van der Waals surface area contributed by atoms with E-state index in [0.29, 0.717) is 11.8 Å². The fourth-order valence-electron chi connectivity index (χ4n) is 1.52. The van der Waals surface area contributed by atoms with Crippen LogP contribution in [0, 0.1) is 17.8 Å². The average Bonchev–Trinajstić information content (AvgIpc) is 2.00. The first-order valence-electron chi connectivity index (χ1n) is 5.59. The standard InChI is InChI=1S/C11H22N2O/c1-8(2)4-5-13-11(14)9(3)10-6-12-7-10/h8-10,12H,4-7H2,1-3H3,(H,13,14). The molecule has 1 amide bonds. The summed E-state index contributed by atoms with van der Waals surface area (Å²) in [6.45, 7) is 9.19. The van der Waals surface area contributed by atoms with Gasteiger partial charge in [0.15, 0.2) is 0 Å². The fourth-order valence-corrected chi connectivity index (χ4v) is 1.52. The van der Waals surface area contributed by atoms with Gasteiger partial charge in [-0.3, -0.25) is 4.79 Å². The Morgan fingerprint density at radius 2 is 2.07 bits per heavy atom. The molecular formula is C11H22N2O. The zero-order valence-electron chi connectivity index (χ0n) is 9.47. The van der Waals surface area contributed by atoms with E-state index in [2.05, 4.69) is 24.5 Å². The third-order valence-electron chi connectivity index (χ3n) is 2.95. The molecule has 82 valence electrons. The topological polar surface area (TPSA) is 41.1 Å². The van der Waals surface area contributed by atoms with Crippen molar-refractivity contribution in [2.45, 2.75) is 27.2 Å². The van der Waals surface area contributed by atoms with E-state index in [0.717, 1.165) is 26.1 Å². The van der Waals surface area contributed by atoms with E-state index in [-0.39, 0.29) is 11.8 Å². The van der Waals surface area contributed by atoms with Gasteiger partial charge in [0.25, 0.3) is 0 Å². The zero-order chi connectivity index (χ0) is 10.6. The van der Waals surface area contributed by atoms with Crippen molar-refractivity contribution >= 4 is 5.91 Å². The Bertz CT molecular complexity index is 188. The van der Waals surface area contributed by atoms with Crippen molar-refractivity contribution in [2.75, 3.05) is 19.6 Å². The van der Waals surface area contributed by atoms with Crippen LogP contribution in [-0.2, 0) is 4.79 Å². The van der Waals surface area contributed by atoms with Crippen molar-refractivity contribution < 1.29 is 4.79 Å². The molecule has 1 saturated heterocycles. The van der Waals surface area contributed by atoms with E-state index in [9.17, 15) is 4.79 Å². The Balaban J connectivity index is 2.13. The predicted octanol–water partition coefficient (Wildman–Crippen LogP) is 1.00. The van der Waals surface area contributed by atoms with Crippen molar-refractivity contribution in [2.24, 2.45) is 17.8 Å². The van der Waals surface area contributed by atoms with Crippen LogP contribution in [0.2, 0.25) is 0 Å². The lowest BCUT2D eigenvalue weighted by Crippen LogP contribution is -2.49. The number of hydrogen-bond donors (Lipinski definition) is 2. The molecule has 1 aliphatic rings. The zero-order valence-corrected chi connectivity index (χ0v) is 9.47. The highest BCUT2D eigenvalue weighted by Gasteiger charge is 2.28. The summed E-state index contributed by atoms with van der Waals surface area (Å²) < 4.78 is 0. The van der Waals surface area contributed by atoms with Crippen molar-refractivity contribution in [3.63, 3.8) is 0 Å². The van der Waals surface area contributed by atoms with Crippen LogP contribution < -0.4 is 10.6 Å². The number of nitrogens with one attached hydrogen (secondary N) is 2. The normalized spacial score (nSPS) is 19.1. The van der Waals surface area contributed by atoms with Gasteiger partial charge in [0.1, 0.15) is 0 Å². The summed E-state index contributed by atoms with van der Waals surface area (Å²) in [5, 5.41) is 6.19. The third kappa shape index (κ3) is 3.29. The summed E-state index contributed by atoms with van der Waals surface area (Å²) in [7, 11) is 0. The number of carbonyl (C=O) groups excluding carboxylic acids is 1. The molecule has 0 spiro atoms. The molecule has 1 heterocycles. The van der Waals surface area contributed by atoms with Crippen molar-refractivity contribution in [3.8, 4) is 0 Å². The SMILES string of the molecule is CC(C)CCNC(=O)C(C)C1CNC1. The molecule has 1 unspecified atom stereocenters. The second-order valence-electron chi connectivity index (χ2n) is 4.68. The maximum atomic E-state index is 11.6. The lowest BCUT2D eigenvalue weighted by atomic mass is 9.88. The van der Waals surface area contributed by atoms with Crippen molar-refractivity contribution in [1.29, 1.82) is 0 Å². The molecular weight excluding hydrogens is 176 g/mol. The molecule has 1 aliphatic heterocycles. The van der Waals surface area contributed by atoms with E-state index >= 15 is 0 Å². The van der Waals surface area contributed by atoms with Gasteiger partial charge in [-0.1, -0.05) is 20.8 Å². The van der Waals surface area contributed by atoms with Crippen LogP contribution in [0.1, 0.15) is 27.2 Å². The highest BCUT2D eigenvalue weighted by Crippen LogP contribution is 2.15. The molecule has 1 fully saturated rings. The van der Waals surface area contributed by atoms with Crippen LogP contribution >= 0.6 is 0 Å². The quantitative estimate of drug-likeness (QED) is 0.692. The average molecular weight is 198 g/mol. The van der Waals surface area contributed by atoms with E-state index in [1.807, 2.05) is 6.92 Å². The van der Waals surface area contributed by atoms with Gasteiger partial charge in [0.05, 0.1) is 0 Å². The molecule has 0 aromatic heterocycles. The molecule has 2 N–H and O–H groups in total. The largest absolute Gasteiger partial charge is 0.356 e. The number of rotatable bonds is 5. The minimum absolute atomic E-state index is 0.170. The van der Waals surface area contributed by atoms with E-state index in [1.54, 1.807) is 0 Å². The number of hydrogen-bond acceptors (Lipinski definition) is 2. The molecule has 3 nitrogen and oxygen atoms in total. The summed E-state index contributed by atoms with van der Waals surface area (Å²) in [6, 6.07) is 0. The summed E-state index contributed by atoms with van der Waals surface area (Å²) in [5.41, 5.74) is 0. The van der Waals surface area contributed by atoms with Gasteiger partial charge in [-0.2, -0.15) is 0 Å². The molecule has 1 rings (SSSR count). The maximum Gasteiger partial charge on any atom is 0.223 e. The Kier molecular flexibility index (Phi) is 4.39. The highest BCUT2D eigenvalue weighted by atomic mass is 16.1. The lowest BCUT2D eigenvalue weighted by molar-refractivity contribution is -0.126. The monoisotopic (exact) mass is 198 g/mol. The van der Waals surface area contributed by atoms with E-state index in [4.69, 9.17) is 0 Å². The third-order valence-corrected chi connectivity index (χ3v) is 2.95. The Hall–Kier alpha value is -0.570. The summed E-state index contributed by atoms with van der Waals surface area (Å²) in [5.74, 6) is 1.60. The highest BCUT2D eigenvalue weighted by molar-refractivity contribution is 5.78. The second kappa shape index (κ2) is 5.35. The summed E-state index contributed by atoms with van der Waals surface area (Å²) >= 11 is 0. The molecule has 0 saturated carbocycles. The number of carbonyl (C=O) groups is 1. The van der Waals surface area contributed by atoms with Crippen LogP contribution in [-0.4, -0.2) is 25.5 Å². The van der Waals surface area contributed by atoms with Crippen LogP contribution in [0.5, 0.6) is 0 Å². The van der Waals surface area contributed by atoms with E-state index in [1.165, 1.54) is 0 Å².